The summed E-state index contributed by atoms with van der Waals surface area (Å²) in [7, 11) is 0. The van der Waals surface area contributed by atoms with Crippen LogP contribution in [0.15, 0.2) is 67.1 Å². The molecule has 0 saturated heterocycles. The maximum atomic E-state index is 12.4. The number of halogens is 1. The van der Waals surface area contributed by atoms with Crippen LogP contribution in [-0.2, 0) is 17.6 Å². The lowest BCUT2D eigenvalue weighted by atomic mass is 9.84. The summed E-state index contributed by atoms with van der Waals surface area (Å²) < 4.78 is 0. The van der Waals surface area contributed by atoms with Gasteiger partial charge in [-0.1, -0.05) is 24.3 Å². The molecule has 2 aliphatic rings. The molecule has 5 rings (SSSR count). The van der Waals surface area contributed by atoms with Crippen LogP contribution in [0.25, 0.3) is 17.3 Å². The Balaban J connectivity index is 0.00000353. The molecule has 1 fully saturated rings. The maximum Gasteiger partial charge on any atom is 0.244 e. The summed E-state index contributed by atoms with van der Waals surface area (Å²) >= 11 is 0. The van der Waals surface area contributed by atoms with Gasteiger partial charge in [-0.25, -0.2) is 0 Å². The van der Waals surface area contributed by atoms with E-state index in [4.69, 9.17) is 5.26 Å². The molecule has 1 amide bonds. The molecule has 1 aliphatic carbocycles. The lowest BCUT2D eigenvalue weighted by Gasteiger charge is -2.30. The normalized spacial score (nSPS) is 19.4. The van der Waals surface area contributed by atoms with Gasteiger partial charge in [-0.3, -0.25) is 14.8 Å². The second-order valence-corrected chi connectivity index (χ2v) is 10.5. The van der Waals surface area contributed by atoms with Gasteiger partial charge >= 0.3 is 0 Å². The van der Waals surface area contributed by atoms with Crippen LogP contribution in [0, 0.1) is 17.2 Å². The fourth-order valence-corrected chi connectivity index (χ4v) is 5.65. The quantitative estimate of drug-likeness (QED) is 0.393. The number of nitrogens with zero attached hydrogens (tertiary/aromatic N) is 4. The Kier molecular flexibility index (Phi) is 10.2. The Morgan fingerprint density at radius 2 is 1.79 bits per heavy atom. The molecule has 0 atom stereocenters. The van der Waals surface area contributed by atoms with Crippen LogP contribution in [0.2, 0.25) is 0 Å². The standard InChI is InChI=1S/C32H35N5O.ClH/c33-22-26-3-1-24(2-4-26)7-12-32(38)36-30-10-5-25(6-11-30)13-18-37-19-14-27-8-9-29(21-28(27)15-20-37)31-23-34-16-17-35-31;/h1-4,7-9,12,16-17,21,23,25,30H,5-6,10-11,13-15,18-20H2,(H,36,38);1H/b12-7+;. The number of amides is 1. The largest absolute Gasteiger partial charge is 0.350 e. The van der Waals surface area contributed by atoms with Crippen LogP contribution < -0.4 is 5.32 Å². The summed E-state index contributed by atoms with van der Waals surface area (Å²) in [5.41, 5.74) is 6.54. The van der Waals surface area contributed by atoms with Crippen LogP contribution in [0.3, 0.4) is 0 Å². The van der Waals surface area contributed by atoms with Crippen molar-refractivity contribution in [3.63, 3.8) is 0 Å². The molecule has 0 bridgehead atoms. The molecule has 0 radical (unpaired) electrons. The lowest BCUT2D eigenvalue weighted by Crippen LogP contribution is -2.37. The van der Waals surface area contributed by atoms with E-state index in [1.54, 1.807) is 36.7 Å². The van der Waals surface area contributed by atoms with Gasteiger partial charge in [0.05, 0.1) is 23.5 Å². The highest BCUT2D eigenvalue weighted by Crippen LogP contribution is 2.28. The van der Waals surface area contributed by atoms with Gasteiger partial charge in [-0.15, -0.1) is 12.4 Å². The Labute approximate surface area is 237 Å². The SMILES string of the molecule is Cl.N#Cc1ccc(/C=C/C(=O)NC2CCC(CCN3CCc4ccc(-c5cnccn5)cc4CC3)CC2)cc1. The topological polar surface area (TPSA) is 81.9 Å². The third-order valence-electron chi connectivity index (χ3n) is 7.97. The van der Waals surface area contributed by atoms with E-state index in [1.807, 2.05) is 18.3 Å². The molecule has 7 heteroatoms. The predicted octanol–water partition coefficient (Wildman–Crippen LogP) is 5.62. The van der Waals surface area contributed by atoms with Crippen molar-refractivity contribution in [3.8, 4) is 17.3 Å². The molecule has 39 heavy (non-hydrogen) atoms. The summed E-state index contributed by atoms with van der Waals surface area (Å²) in [5, 5.41) is 12.1. The minimum atomic E-state index is -0.0376. The highest BCUT2D eigenvalue weighted by Gasteiger charge is 2.23. The van der Waals surface area contributed by atoms with Crippen molar-refractivity contribution in [3.05, 3.63) is 89.4 Å². The number of carbonyl (C=O) groups excluding carboxylic acids is 1. The smallest absolute Gasteiger partial charge is 0.244 e. The van der Waals surface area contributed by atoms with Crippen molar-refractivity contribution in [2.75, 3.05) is 19.6 Å². The van der Waals surface area contributed by atoms with Gasteiger partial charge < -0.3 is 10.2 Å². The summed E-state index contributed by atoms with van der Waals surface area (Å²) in [4.78, 5) is 23.7. The lowest BCUT2D eigenvalue weighted by molar-refractivity contribution is -0.117. The number of nitriles is 1. The Morgan fingerprint density at radius 1 is 1.03 bits per heavy atom. The van der Waals surface area contributed by atoms with Crippen LogP contribution in [0.5, 0.6) is 0 Å². The number of aromatic nitrogens is 2. The molecule has 2 heterocycles. The minimum absolute atomic E-state index is 0. The first-order valence-electron chi connectivity index (χ1n) is 13.8. The molecule has 202 valence electrons. The third kappa shape index (κ3) is 7.98. The molecule has 6 nitrogen and oxygen atoms in total. The fourth-order valence-electron chi connectivity index (χ4n) is 5.65. The van der Waals surface area contributed by atoms with Crippen molar-refractivity contribution >= 4 is 24.4 Å². The average molecular weight is 542 g/mol. The summed E-state index contributed by atoms with van der Waals surface area (Å²) in [6.07, 6.45) is 16.6. The molecule has 3 aromatic rings. The molecule has 2 aromatic carbocycles. The summed E-state index contributed by atoms with van der Waals surface area (Å²) in [6, 6.07) is 16.4. The van der Waals surface area contributed by atoms with E-state index >= 15 is 0 Å². The van der Waals surface area contributed by atoms with Crippen LogP contribution in [0.4, 0.5) is 0 Å². The van der Waals surface area contributed by atoms with Crippen LogP contribution >= 0.6 is 12.4 Å². The second kappa shape index (κ2) is 14.0. The maximum absolute atomic E-state index is 12.4. The van der Waals surface area contributed by atoms with Gasteiger partial charge in [0, 0.05) is 43.2 Å². The number of benzene rings is 2. The zero-order chi connectivity index (χ0) is 26.2. The monoisotopic (exact) mass is 541 g/mol. The van der Waals surface area contributed by atoms with Gasteiger partial charge in [0.1, 0.15) is 0 Å². The number of hydrogen-bond acceptors (Lipinski definition) is 5. The first-order valence-corrected chi connectivity index (χ1v) is 13.8. The molecule has 1 N–H and O–H groups in total. The van der Waals surface area contributed by atoms with Gasteiger partial charge in [-0.05, 0) is 98.4 Å². The fraction of sp³-hybridized carbons (Fsp3) is 0.375. The molecular weight excluding hydrogens is 506 g/mol. The van der Waals surface area contributed by atoms with Crippen molar-refractivity contribution in [1.29, 1.82) is 5.26 Å². The van der Waals surface area contributed by atoms with Crippen molar-refractivity contribution in [1.82, 2.24) is 20.2 Å². The molecule has 0 unspecified atom stereocenters. The first-order chi connectivity index (χ1) is 18.7. The number of fused-ring (bicyclic) bond motifs is 1. The van der Waals surface area contributed by atoms with E-state index in [1.165, 1.54) is 30.4 Å². The molecular formula is C32H36ClN5O. The zero-order valence-electron chi connectivity index (χ0n) is 22.3. The number of rotatable bonds is 7. The summed E-state index contributed by atoms with van der Waals surface area (Å²) in [6.45, 7) is 3.38. The van der Waals surface area contributed by atoms with Gasteiger partial charge in [0.15, 0.2) is 0 Å². The molecule has 1 aliphatic heterocycles. The van der Waals surface area contributed by atoms with E-state index in [-0.39, 0.29) is 24.4 Å². The second-order valence-electron chi connectivity index (χ2n) is 10.5. The minimum Gasteiger partial charge on any atom is -0.350 e. The molecule has 1 saturated carbocycles. The van der Waals surface area contributed by atoms with Gasteiger partial charge in [0.2, 0.25) is 5.91 Å². The van der Waals surface area contributed by atoms with E-state index in [0.29, 0.717) is 5.56 Å². The van der Waals surface area contributed by atoms with Crippen molar-refractivity contribution < 1.29 is 4.79 Å². The van der Waals surface area contributed by atoms with E-state index < -0.39 is 0 Å². The molecule has 1 aromatic heterocycles. The Morgan fingerprint density at radius 3 is 2.51 bits per heavy atom. The molecule has 0 spiro atoms. The van der Waals surface area contributed by atoms with E-state index in [9.17, 15) is 4.79 Å². The average Bonchev–Trinajstić information content (AvgIpc) is 3.18. The highest BCUT2D eigenvalue weighted by molar-refractivity contribution is 5.91. The van der Waals surface area contributed by atoms with Crippen molar-refractivity contribution in [2.24, 2.45) is 5.92 Å². The highest BCUT2D eigenvalue weighted by atomic mass is 35.5. The number of hydrogen-bond donors (Lipinski definition) is 1. The Hall–Kier alpha value is -3.53. The third-order valence-corrected chi connectivity index (χ3v) is 7.97. The van der Waals surface area contributed by atoms with E-state index in [0.717, 1.165) is 68.1 Å². The summed E-state index contributed by atoms with van der Waals surface area (Å²) in [5.74, 6) is 0.704. The van der Waals surface area contributed by atoms with Gasteiger partial charge in [-0.2, -0.15) is 5.26 Å². The van der Waals surface area contributed by atoms with Crippen LogP contribution in [-0.4, -0.2) is 46.5 Å². The first kappa shape index (κ1) is 28.5. The van der Waals surface area contributed by atoms with Crippen LogP contribution in [0.1, 0.15) is 54.4 Å². The van der Waals surface area contributed by atoms with E-state index in [2.05, 4.69) is 44.5 Å². The Bertz CT molecular complexity index is 1290. The predicted molar refractivity (Wildman–Crippen MR) is 157 cm³/mol. The number of nitrogens with one attached hydrogen (secondary N) is 1. The zero-order valence-corrected chi connectivity index (χ0v) is 23.1. The van der Waals surface area contributed by atoms with Crippen molar-refractivity contribution in [2.45, 2.75) is 51.0 Å². The van der Waals surface area contributed by atoms with Gasteiger partial charge in [0.25, 0.3) is 0 Å². The number of carbonyl (C=O) groups is 1.